The summed E-state index contributed by atoms with van der Waals surface area (Å²) in [6, 6.07) is 41.7. The van der Waals surface area contributed by atoms with Crippen LogP contribution in [0.25, 0.3) is 54.6 Å². The molecule has 0 heterocycles. The van der Waals surface area contributed by atoms with Crippen LogP contribution in [0.1, 0.15) is 0 Å². The fraction of sp³-hybridized carbons (Fsp3) is 0. The van der Waals surface area contributed by atoms with Crippen LogP contribution < -0.4 is 0 Å². The quantitative estimate of drug-likeness (QED) is 0.179. The van der Waals surface area contributed by atoms with Crippen LogP contribution in [-0.2, 0) is 0 Å². The first-order valence-electron chi connectivity index (χ1n) is 10.5. The molecule has 0 saturated carbocycles. The molecule has 0 amide bonds. The third-order valence-corrected chi connectivity index (χ3v) is 6.61. The maximum Gasteiger partial charge on any atom is 0.0175 e. The maximum absolute atomic E-state index is 3.54. The topological polar surface area (TPSA) is 0 Å². The molecule has 6 rings (SSSR count). The van der Waals surface area contributed by atoms with Gasteiger partial charge in [-0.2, -0.15) is 0 Å². The first kappa shape index (κ1) is 18.4. The third kappa shape index (κ3) is 3.22. The summed E-state index contributed by atoms with van der Waals surface area (Å²) < 4.78 is 1.10. The van der Waals surface area contributed by atoms with Crippen molar-refractivity contribution >= 4 is 48.2 Å². The summed E-state index contributed by atoms with van der Waals surface area (Å²) >= 11 is 3.54. The molecule has 0 aliphatic heterocycles. The van der Waals surface area contributed by atoms with E-state index in [2.05, 4.69) is 131 Å². The van der Waals surface area contributed by atoms with Gasteiger partial charge >= 0.3 is 0 Å². The molecule has 0 radical (unpaired) electrons. The minimum absolute atomic E-state index is 1.10. The van der Waals surface area contributed by atoms with Gasteiger partial charge in [0.2, 0.25) is 0 Å². The van der Waals surface area contributed by atoms with Crippen molar-refractivity contribution in [2.24, 2.45) is 0 Å². The van der Waals surface area contributed by atoms with Gasteiger partial charge < -0.3 is 0 Å². The lowest BCUT2D eigenvalue weighted by Gasteiger charge is -2.13. The predicted octanol–water partition coefficient (Wildman–Crippen LogP) is 9.24. The maximum atomic E-state index is 3.54. The monoisotopic (exact) mass is 458 g/mol. The van der Waals surface area contributed by atoms with Gasteiger partial charge in [-0.15, -0.1) is 0 Å². The van der Waals surface area contributed by atoms with E-state index in [0.717, 1.165) is 4.47 Å². The first-order valence-corrected chi connectivity index (χ1v) is 11.3. The molecule has 0 saturated heterocycles. The van der Waals surface area contributed by atoms with Crippen molar-refractivity contribution in [1.82, 2.24) is 0 Å². The zero-order valence-corrected chi connectivity index (χ0v) is 18.4. The third-order valence-electron chi connectivity index (χ3n) is 6.08. The Balaban J connectivity index is 1.62. The molecule has 1 heteroatoms. The average molecular weight is 459 g/mol. The van der Waals surface area contributed by atoms with E-state index in [4.69, 9.17) is 0 Å². The Labute approximate surface area is 189 Å². The molecule has 0 bridgehead atoms. The van der Waals surface area contributed by atoms with Crippen molar-refractivity contribution in [3.05, 3.63) is 120 Å². The molecule has 6 aromatic carbocycles. The fourth-order valence-corrected chi connectivity index (χ4v) is 4.82. The summed E-state index contributed by atoms with van der Waals surface area (Å²) in [6.07, 6.45) is 0. The highest BCUT2D eigenvalue weighted by Crippen LogP contribution is 2.37. The molecule has 0 aliphatic carbocycles. The fourth-order valence-electron chi connectivity index (χ4n) is 4.55. The molecule has 0 atom stereocenters. The number of hydrogen-bond donors (Lipinski definition) is 0. The largest absolute Gasteiger partial charge is 0.0616 e. The molecular weight excluding hydrogens is 440 g/mol. The molecule has 0 unspecified atom stereocenters. The van der Waals surface area contributed by atoms with Crippen molar-refractivity contribution in [3.63, 3.8) is 0 Å². The molecule has 0 fully saturated rings. The second-order valence-electron chi connectivity index (χ2n) is 7.98. The smallest absolute Gasteiger partial charge is 0.0175 e. The van der Waals surface area contributed by atoms with Crippen molar-refractivity contribution in [1.29, 1.82) is 0 Å². The molecule has 0 spiro atoms. The molecule has 6 aromatic rings. The second kappa shape index (κ2) is 7.37. The van der Waals surface area contributed by atoms with Crippen LogP contribution in [0.2, 0.25) is 0 Å². The normalized spacial score (nSPS) is 11.4. The van der Waals surface area contributed by atoms with E-state index in [1.54, 1.807) is 0 Å². The van der Waals surface area contributed by atoms with Crippen LogP contribution in [0.5, 0.6) is 0 Å². The van der Waals surface area contributed by atoms with E-state index in [1.165, 1.54) is 54.6 Å². The van der Waals surface area contributed by atoms with E-state index >= 15 is 0 Å². The van der Waals surface area contributed by atoms with Gasteiger partial charge in [0, 0.05) is 4.47 Å². The van der Waals surface area contributed by atoms with E-state index < -0.39 is 0 Å². The minimum atomic E-state index is 1.10. The molecule has 0 N–H and O–H groups in total. The molecule has 146 valence electrons. The molecule has 0 aliphatic rings. The highest BCUT2D eigenvalue weighted by Gasteiger charge is 2.10. The van der Waals surface area contributed by atoms with Crippen LogP contribution in [0.4, 0.5) is 0 Å². The zero-order chi connectivity index (χ0) is 20.8. The summed E-state index contributed by atoms with van der Waals surface area (Å²) in [5.74, 6) is 0. The van der Waals surface area contributed by atoms with Gasteiger partial charge in [0.05, 0.1) is 0 Å². The number of benzene rings is 6. The van der Waals surface area contributed by atoms with Gasteiger partial charge in [-0.1, -0.05) is 101 Å². The van der Waals surface area contributed by atoms with Gasteiger partial charge in [0.25, 0.3) is 0 Å². The van der Waals surface area contributed by atoms with E-state index in [1.807, 2.05) is 0 Å². The molecule has 0 nitrogen and oxygen atoms in total. The summed E-state index contributed by atoms with van der Waals surface area (Å²) in [5.41, 5.74) is 4.97. The number of rotatable bonds is 2. The van der Waals surface area contributed by atoms with E-state index in [9.17, 15) is 0 Å². The van der Waals surface area contributed by atoms with Crippen LogP contribution in [0, 0.1) is 0 Å². The Hall–Kier alpha value is -3.42. The van der Waals surface area contributed by atoms with Gasteiger partial charge in [0.1, 0.15) is 0 Å². The molecular formula is C30H19Br. The molecule has 31 heavy (non-hydrogen) atoms. The Kier molecular flexibility index (Phi) is 4.36. The van der Waals surface area contributed by atoms with Gasteiger partial charge in [-0.3, -0.25) is 0 Å². The van der Waals surface area contributed by atoms with Crippen molar-refractivity contribution in [3.8, 4) is 22.3 Å². The van der Waals surface area contributed by atoms with Gasteiger partial charge in [-0.05, 0) is 84.9 Å². The Morgan fingerprint density at radius 2 is 1.10 bits per heavy atom. The number of fused-ring (bicyclic) bond motifs is 4. The minimum Gasteiger partial charge on any atom is -0.0616 e. The highest BCUT2D eigenvalue weighted by molar-refractivity contribution is 9.10. The summed E-state index contributed by atoms with van der Waals surface area (Å²) in [5, 5.41) is 7.74. The van der Waals surface area contributed by atoms with E-state index in [-0.39, 0.29) is 0 Å². The van der Waals surface area contributed by atoms with Crippen molar-refractivity contribution < 1.29 is 0 Å². The van der Waals surface area contributed by atoms with Gasteiger partial charge in [0.15, 0.2) is 0 Å². The van der Waals surface area contributed by atoms with Crippen LogP contribution in [-0.4, -0.2) is 0 Å². The predicted molar refractivity (Wildman–Crippen MR) is 138 cm³/mol. The van der Waals surface area contributed by atoms with Crippen LogP contribution in [0.3, 0.4) is 0 Å². The lowest BCUT2D eigenvalue weighted by atomic mass is 9.91. The van der Waals surface area contributed by atoms with Crippen LogP contribution in [0.15, 0.2) is 120 Å². The molecule has 0 aromatic heterocycles. The van der Waals surface area contributed by atoms with Gasteiger partial charge in [-0.25, -0.2) is 0 Å². The number of halogens is 1. The zero-order valence-electron chi connectivity index (χ0n) is 16.8. The summed E-state index contributed by atoms with van der Waals surface area (Å²) in [7, 11) is 0. The lowest BCUT2D eigenvalue weighted by molar-refractivity contribution is 1.59. The standard InChI is InChI=1S/C30H19Br/c31-27-15-13-20(14-16-27)22-8-3-9-25(17-22)28-10-4-7-21-11-12-26-18-23-5-1-2-6-24(23)19-29(26)30(21)28/h1-19H. The first-order chi connectivity index (χ1) is 15.3. The second-order valence-corrected chi connectivity index (χ2v) is 8.89. The summed E-state index contributed by atoms with van der Waals surface area (Å²) in [6.45, 7) is 0. The summed E-state index contributed by atoms with van der Waals surface area (Å²) in [4.78, 5) is 0. The number of hydrogen-bond acceptors (Lipinski definition) is 0. The van der Waals surface area contributed by atoms with Crippen molar-refractivity contribution in [2.45, 2.75) is 0 Å². The Bertz CT molecular complexity index is 1580. The van der Waals surface area contributed by atoms with Crippen LogP contribution >= 0.6 is 15.9 Å². The SMILES string of the molecule is Brc1ccc(-c2cccc(-c3cccc4ccc5cc6ccccc6cc5c34)c2)cc1. The van der Waals surface area contributed by atoms with Crippen molar-refractivity contribution in [2.75, 3.05) is 0 Å². The lowest BCUT2D eigenvalue weighted by Crippen LogP contribution is -1.86. The Morgan fingerprint density at radius 1 is 0.419 bits per heavy atom. The van der Waals surface area contributed by atoms with E-state index in [0.29, 0.717) is 0 Å². The average Bonchev–Trinajstić information content (AvgIpc) is 2.83. The Morgan fingerprint density at radius 3 is 1.94 bits per heavy atom. The highest BCUT2D eigenvalue weighted by atomic mass is 79.9.